The van der Waals surface area contributed by atoms with Crippen molar-refractivity contribution < 1.29 is 0 Å². The summed E-state index contributed by atoms with van der Waals surface area (Å²) in [7, 11) is 0. The molecule has 0 aliphatic heterocycles. The van der Waals surface area contributed by atoms with E-state index < -0.39 is 0 Å². The Labute approximate surface area is 113 Å². The van der Waals surface area contributed by atoms with E-state index in [1.807, 2.05) is 52.1 Å². The van der Waals surface area contributed by atoms with Crippen LogP contribution in [0.4, 0.5) is 0 Å². The predicted molar refractivity (Wildman–Crippen MR) is 74.2 cm³/mol. The molecular weight excluding hydrogens is 345 g/mol. The van der Waals surface area contributed by atoms with Gasteiger partial charge in [-0.1, -0.05) is 0 Å². The number of hydrogen-bond acceptors (Lipinski definition) is 1. The predicted octanol–water partition coefficient (Wildman–Crippen LogP) is 2.81. The first-order valence-electron chi connectivity index (χ1n) is 5.13. The van der Waals surface area contributed by atoms with Gasteiger partial charge in [0.1, 0.15) is 0 Å². The number of benzene rings is 2. The Morgan fingerprint density at radius 2 is 1.76 bits per heavy atom. The van der Waals surface area contributed by atoms with Crippen LogP contribution in [0.25, 0.3) is 15.3 Å². The van der Waals surface area contributed by atoms with Gasteiger partial charge in [0.2, 0.25) is 0 Å². The molecule has 0 aliphatic rings. The van der Waals surface area contributed by atoms with Crippen LogP contribution in [-0.2, 0) is 0 Å². The molecule has 0 aliphatic carbocycles. The van der Waals surface area contributed by atoms with Crippen LogP contribution in [0.2, 0.25) is 0 Å². The number of halogens is 1. The second-order valence-electron chi connectivity index (χ2n) is 3.64. The third kappa shape index (κ3) is 1.82. The van der Waals surface area contributed by atoms with Gasteiger partial charge in [0, 0.05) is 0 Å². The summed E-state index contributed by atoms with van der Waals surface area (Å²) in [6.45, 7) is 0. The Morgan fingerprint density at radius 1 is 1.00 bits per heavy atom. The van der Waals surface area contributed by atoms with E-state index in [2.05, 4.69) is 15.9 Å². The van der Waals surface area contributed by atoms with Crippen LogP contribution < -0.4 is 5.56 Å². The van der Waals surface area contributed by atoms with E-state index in [9.17, 15) is 4.79 Å². The van der Waals surface area contributed by atoms with Crippen LogP contribution in [-0.4, -0.2) is 18.3 Å². The van der Waals surface area contributed by atoms with Gasteiger partial charge >= 0.3 is 113 Å². The van der Waals surface area contributed by atoms with E-state index in [0.717, 1.165) is 19.8 Å². The summed E-state index contributed by atoms with van der Waals surface area (Å²) in [5.41, 5.74) is 1.08. The van der Waals surface area contributed by atoms with Crippen LogP contribution in [0.1, 0.15) is 0 Å². The SMILES string of the molecule is O=c1c2cccc(Br)c2[se]n1-c1ccccc1. The molecule has 84 valence electrons. The third-order valence-electron chi connectivity index (χ3n) is 2.56. The van der Waals surface area contributed by atoms with E-state index in [0.29, 0.717) is 0 Å². The molecule has 3 rings (SSSR count). The van der Waals surface area contributed by atoms with E-state index in [1.165, 1.54) is 0 Å². The van der Waals surface area contributed by atoms with E-state index in [-0.39, 0.29) is 20.3 Å². The Bertz CT molecular complexity index is 730. The van der Waals surface area contributed by atoms with Crippen molar-refractivity contribution in [2.75, 3.05) is 0 Å². The van der Waals surface area contributed by atoms with Crippen molar-refractivity contribution in [1.29, 1.82) is 0 Å². The molecule has 3 aromatic rings. The fraction of sp³-hybridized carbons (Fsp3) is 0. The molecule has 2 aromatic carbocycles. The van der Waals surface area contributed by atoms with Crippen molar-refractivity contribution in [2.45, 2.75) is 0 Å². The molecule has 0 saturated heterocycles. The summed E-state index contributed by atoms with van der Waals surface area (Å²) in [4.78, 5) is 12.3. The molecule has 0 fully saturated rings. The molecule has 0 N–H and O–H groups in total. The van der Waals surface area contributed by atoms with Gasteiger partial charge in [-0.3, -0.25) is 0 Å². The topological polar surface area (TPSA) is 22.0 Å². The molecule has 0 amide bonds. The monoisotopic (exact) mass is 353 g/mol. The van der Waals surface area contributed by atoms with Gasteiger partial charge in [0.15, 0.2) is 0 Å². The Kier molecular flexibility index (Phi) is 2.79. The standard InChI is InChI=1S/C13H8BrNOSe/c14-11-8-4-7-10-12(11)17-15(13(10)16)9-5-2-1-3-6-9/h1-8H. The number of aromatic nitrogens is 1. The zero-order valence-corrected chi connectivity index (χ0v) is 12.1. The molecule has 0 atom stereocenters. The number of fused-ring (bicyclic) bond motifs is 1. The van der Waals surface area contributed by atoms with Crippen molar-refractivity contribution in [3.05, 3.63) is 63.4 Å². The summed E-state index contributed by atoms with van der Waals surface area (Å²) >= 11 is 3.53. The molecule has 0 saturated carbocycles. The van der Waals surface area contributed by atoms with E-state index in [1.54, 1.807) is 0 Å². The fourth-order valence-corrected chi connectivity index (χ4v) is 4.59. The van der Waals surface area contributed by atoms with Crippen LogP contribution in [0, 0.1) is 0 Å². The second kappa shape index (κ2) is 4.30. The summed E-state index contributed by atoms with van der Waals surface area (Å²) in [5, 5.41) is 0.822. The fourth-order valence-electron chi connectivity index (χ4n) is 1.75. The summed E-state index contributed by atoms with van der Waals surface area (Å²) in [6.07, 6.45) is 0. The Morgan fingerprint density at radius 3 is 2.47 bits per heavy atom. The zero-order chi connectivity index (χ0) is 11.8. The van der Waals surface area contributed by atoms with Crippen LogP contribution in [0.5, 0.6) is 0 Å². The number of nitrogens with zero attached hydrogens (tertiary/aromatic N) is 1. The summed E-state index contributed by atoms with van der Waals surface area (Å²) in [5.74, 6) is 0. The average molecular weight is 353 g/mol. The molecule has 1 heterocycles. The van der Waals surface area contributed by atoms with Crippen molar-refractivity contribution >= 4 is 40.3 Å². The molecule has 0 spiro atoms. The van der Waals surface area contributed by atoms with Gasteiger partial charge in [0.05, 0.1) is 0 Å². The minimum atomic E-state index is 0.0217. The van der Waals surface area contributed by atoms with Gasteiger partial charge in [-0.15, -0.1) is 0 Å². The molecule has 0 bridgehead atoms. The normalized spacial score (nSPS) is 10.9. The maximum absolute atomic E-state index is 12.3. The second-order valence-corrected chi connectivity index (χ2v) is 6.50. The average Bonchev–Trinajstić information content (AvgIpc) is 2.70. The van der Waals surface area contributed by atoms with Crippen LogP contribution >= 0.6 is 15.9 Å². The maximum atomic E-state index is 12.3. The van der Waals surface area contributed by atoms with Crippen molar-refractivity contribution in [3.63, 3.8) is 0 Å². The van der Waals surface area contributed by atoms with Gasteiger partial charge in [-0.05, 0) is 0 Å². The van der Waals surface area contributed by atoms with Gasteiger partial charge in [-0.25, -0.2) is 0 Å². The zero-order valence-electron chi connectivity index (χ0n) is 8.76. The van der Waals surface area contributed by atoms with Crippen molar-refractivity contribution in [3.8, 4) is 5.69 Å². The molecule has 4 heteroatoms. The number of para-hydroxylation sites is 1. The first kappa shape index (κ1) is 11.0. The quantitative estimate of drug-likeness (QED) is 0.617. The summed E-state index contributed by atoms with van der Waals surface area (Å²) < 4.78 is 4.03. The number of rotatable bonds is 1. The van der Waals surface area contributed by atoms with Crippen LogP contribution in [0.15, 0.2) is 57.8 Å². The van der Waals surface area contributed by atoms with Crippen molar-refractivity contribution in [2.24, 2.45) is 0 Å². The third-order valence-corrected chi connectivity index (χ3v) is 6.29. The molecule has 0 radical (unpaired) electrons. The first-order valence-corrected chi connectivity index (χ1v) is 7.55. The van der Waals surface area contributed by atoms with E-state index in [4.69, 9.17) is 0 Å². The van der Waals surface area contributed by atoms with Gasteiger partial charge in [0.25, 0.3) is 0 Å². The first-order chi connectivity index (χ1) is 8.27. The van der Waals surface area contributed by atoms with Gasteiger partial charge < -0.3 is 0 Å². The van der Waals surface area contributed by atoms with Crippen molar-refractivity contribution in [1.82, 2.24) is 3.56 Å². The minimum absolute atomic E-state index is 0.0217. The van der Waals surface area contributed by atoms with Crippen LogP contribution in [0.3, 0.4) is 0 Å². The summed E-state index contributed by atoms with van der Waals surface area (Å²) in [6, 6.07) is 15.6. The Balaban J connectivity index is 2.37. The molecule has 0 unspecified atom stereocenters. The number of hydrogen-bond donors (Lipinski definition) is 0. The molecule has 2 nitrogen and oxygen atoms in total. The van der Waals surface area contributed by atoms with Gasteiger partial charge in [-0.2, -0.15) is 0 Å². The molecule has 1 aromatic heterocycles. The molecule has 17 heavy (non-hydrogen) atoms. The Hall–Kier alpha value is -1.09. The van der Waals surface area contributed by atoms with E-state index >= 15 is 0 Å². The molecular formula is C13H8BrNOSe.